The van der Waals surface area contributed by atoms with E-state index in [-0.39, 0.29) is 6.10 Å². The number of aliphatic hydroxyl groups is 1. The highest BCUT2D eigenvalue weighted by molar-refractivity contribution is 5.86. The minimum atomic E-state index is -0.213. The first-order valence-electron chi connectivity index (χ1n) is 6.66. The minimum Gasteiger partial charge on any atom is -0.391 e. The fraction of sp³-hybridized carbons (Fsp3) is 0.538. The number of aromatic amines is 1. The summed E-state index contributed by atoms with van der Waals surface area (Å²) >= 11 is 0. The first kappa shape index (κ1) is 12.4. The quantitative estimate of drug-likeness (QED) is 0.758. The van der Waals surface area contributed by atoms with Gasteiger partial charge in [0.05, 0.1) is 11.6 Å². The SMILES string of the molecule is CC[C@@H]1CN(Cc2c[nH]c3c(N)ncnc23)C[C@H]1O. The average Bonchev–Trinajstić information content (AvgIpc) is 2.95. The molecule has 1 aliphatic heterocycles. The molecule has 3 heterocycles. The van der Waals surface area contributed by atoms with Crippen LogP contribution >= 0.6 is 0 Å². The largest absolute Gasteiger partial charge is 0.391 e. The molecule has 2 atom stereocenters. The summed E-state index contributed by atoms with van der Waals surface area (Å²) in [6.45, 7) is 4.57. The van der Waals surface area contributed by atoms with E-state index >= 15 is 0 Å². The molecule has 19 heavy (non-hydrogen) atoms. The van der Waals surface area contributed by atoms with Crippen molar-refractivity contribution in [1.82, 2.24) is 19.9 Å². The summed E-state index contributed by atoms with van der Waals surface area (Å²) in [6.07, 6.45) is 4.22. The number of aliphatic hydroxyl groups excluding tert-OH is 1. The molecular weight excluding hydrogens is 242 g/mol. The van der Waals surface area contributed by atoms with E-state index < -0.39 is 0 Å². The summed E-state index contributed by atoms with van der Waals surface area (Å²) in [6, 6.07) is 0. The molecule has 1 aliphatic rings. The Morgan fingerprint density at radius 2 is 2.32 bits per heavy atom. The maximum Gasteiger partial charge on any atom is 0.151 e. The van der Waals surface area contributed by atoms with E-state index in [9.17, 15) is 5.11 Å². The lowest BCUT2D eigenvalue weighted by Gasteiger charge is -2.14. The van der Waals surface area contributed by atoms with Gasteiger partial charge < -0.3 is 15.8 Å². The van der Waals surface area contributed by atoms with E-state index in [2.05, 4.69) is 26.8 Å². The zero-order valence-electron chi connectivity index (χ0n) is 11.0. The van der Waals surface area contributed by atoms with Crippen LogP contribution in [-0.4, -0.2) is 44.2 Å². The van der Waals surface area contributed by atoms with Gasteiger partial charge in [0, 0.05) is 31.4 Å². The number of H-pyrrole nitrogens is 1. The highest BCUT2D eigenvalue weighted by Gasteiger charge is 2.30. The number of β-amino-alcohol motifs (C(OH)–C–C–N with tert-alkyl or cyclic N) is 1. The van der Waals surface area contributed by atoms with Crippen LogP contribution in [0.2, 0.25) is 0 Å². The van der Waals surface area contributed by atoms with E-state index in [0.29, 0.717) is 11.7 Å². The Morgan fingerprint density at radius 3 is 3.05 bits per heavy atom. The lowest BCUT2D eigenvalue weighted by atomic mass is 10.0. The molecule has 0 bridgehead atoms. The smallest absolute Gasteiger partial charge is 0.151 e. The van der Waals surface area contributed by atoms with Crippen molar-refractivity contribution in [3.8, 4) is 0 Å². The molecule has 1 fully saturated rings. The Kier molecular flexibility index (Phi) is 3.12. The molecular formula is C13H19N5O. The first-order valence-corrected chi connectivity index (χ1v) is 6.66. The van der Waals surface area contributed by atoms with Gasteiger partial charge in [-0.15, -0.1) is 0 Å². The van der Waals surface area contributed by atoms with Crippen LogP contribution in [0.1, 0.15) is 18.9 Å². The minimum absolute atomic E-state index is 0.213. The van der Waals surface area contributed by atoms with Crippen LogP contribution in [0, 0.1) is 5.92 Å². The zero-order valence-corrected chi connectivity index (χ0v) is 11.0. The molecule has 0 unspecified atom stereocenters. The Labute approximate surface area is 111 Å². The van der Waals surface area contributed by atoms with Crippen LogP contribution in [0.25, 0.3) is 11.0 Å². The fourth-order valence-corrected chi connectivity index (χ4v) is 2.85. The number of anilines is 1. The number of nitrogens with zero attached hydrogens (tertiary/aromatic N) is 3. The van der Waals surface area contributed by atoms with Gasteiger partial charge in [0.1, 0.15) is 11.8 Å². The van der Waals surface area contributed by atoms with Crippen molar-refractivity contribution in [2.75, 3.05) is 18.8 Å². The number of rotatable bonds is 3. The number of hydrogen-bond donors (Lipinski definition) is 3. The molecule has 2 aromatic heterocycles. The van der Waals surface area contributed by atoms with Gasteiger partial charge in [-0.2, -0.15) is 0 Å². The third-order valence-electron chi connectivity index (χ3n) is 3.97. The summed E-state index contributed by atoms with van der Waals surface area (Å²) in [5.74, 6) is 0.856. The molecule has 6 heteroatoms. The molecule has 0 amide bonds. The van der Waals surface area contributed by atoms with Gasteiger partial charge in [-0.1, -0.05) is 6.92 Å². The molecule has 6 nitrogen and oxygen atoms in total. The van der Waals surface area contributed by atoms with Gasteiger partial charge in [-0.05, 0) is 12.3 Å². The predicted molar refractivity (Wildman–Crippen MR) is 73.4 cm³/mol. The van der Waals surface area contributed by atoms with Crippen molar-refractivity contribution in [1.29, 1.82) is 0 Å². The van der Waals surface area contributed by atoms with Gasteiger partial charge in [-0.25, -0.2) is 9.97 Å². The molecule has 0 aliphatic carbocycles. The molecule has 0 saturated carbocycles. The van der Waals surface area contributed by atoms with Crippen LogP contribution in [-0.2, 0) is 6.54 Å². The van der Waals surface area contributed by atoms with Gasteiger partial charge in [0.25, 0.3) is 0 Å². The summed E-state index contributed by atoms with van der Waals surface area (Å²) in [5, 5.41) is 9.95. The number of nitrogens with two attached hydrogens (primary N) is 1. The fourth-order valence-electron chi connectivity index (χ4n) is 2.85. The monoisotopic (exact) mass is 261 g/mol. The first-order chi connectivity index (χ1) is 9.19. The topological polar surface area (TPSA) is 91.1 Å². The average molecular weight is 261 g/mol. The van der Waals surface area contributed by atoms with Gasteiger partial charge in [0.2, 0.25) is 0 Å². The second-order valence-corrected chi connectivity index (χ2v) is 5.23. The molecule has 2 aromatic rings. The Bertz CT molecular complexity index is 581. The van der Waals surface area contributed by atoms with Crippen LogP contribution in [0.3, 0.4) is 0 Å². The second-order valence-electron chi connectivity index (χ2n) is 5.23. The van der Waals surface area contributed by atoms with E-state index in [1.807, 2.05) is 6.20 Å². The van der Waals surface area contributed by atoms with Crippen molar-refractivity contribution < 1.29 is 5.11 Å². The van der Waals surface area contributed by atoms with Gasteiger partial charge >= 0.3 is 0 Å². The third-order valence-corrected chi connectivity index (χ3v) is 3.97. The number of likely N-dealkylation sites (tertiary alicyclic amines) is 1. The van der Waals surface area contributed by atoms with E-state index in [1.165, 1.54) is 6.33 Å². The lowest BCUT2D eigenvalue weighted by Crippen LogP contribution is -2.21. The second kappa shape index (κ2) is 4.79. The number of aromatic nitrogens is 3. The number of nitrogens with one attached hydrogen (secondary N) is 1. The Hall–Kier alpha value is -1.66. The summed E-state index contributed by atoms with van der Waals surface area (Å²) in [7, 11) is 0. The van der Waals surface area contributed by atoms with Crippen molar-refractivity contribution in [3.05, 3.63) is 18.1 Å². The van der Waals surface area contributed by atoms with Crippen molar-refractivity contribution in [3.63, 3.8) is 0 Å². The van der Waals surface area contributed by atoms with Crippen molar-refractivity contribution in [2.45, 2.75) is 26.0 Å². The maximum absolute atomic E-state index is 9.95. The van der Waals surface area contributed by atoms with E-state index in [4.69, 9.17) is 5.73 Å². The normalized spacial score (nSPS) is 24.3. The highest BCUT2D eigenvalue weighted by Crippen LogP contribution is 2.25. The van der Waals surface area contributed by atoms with Gasteiger partial charge in [0.15, 0.2) is 5.82 Å². The number of nitrogen functional groups attached to an aromatic ring is 1. The molecule has 3 rings (SSSR count). The molecule has 0 spiro atoms. The standard InChI is InChI=1S/C13H19N5O/c1-2-8-4-18(6-10(8)19)5-9-3-15-12-11(9)16-7-17-13(12)14/h3,7-8,10,15,19H,2,4-6H2,1H3,(H2,14,16,17)/t8-,10-/m1/s1. The third kappa shape index (κ3) is 2.17. The predicted octanol–water partition coefficient (Wildman–Crippen LogP) is 0.743. The number of fused-ring (bicyclic) bond motifs is 1. The zero-order chi connectivity index (χ0) is 13.4. The Balaban J connectivity index is 1.81. The summed E-state index contributed by atoms with van der Waals surface area (Å²) in [4.78, 5) is 13.7. The van der Waals surface area contributed by atoms with Crippen LogP contribution in [0.5, 0.6) is 0 Å². The summed E-state index contributed by atoms with van der Waals surface area (Å²) < 4.78 is 0. The maximum atomic E-state index is 9.95. The van der Waals surface area contributed by atoms with Crippen molar-refractivity contribution in [2.24, 2.45) is 5.92 Å². The molecule has 0 aromatic carbocycles. The Morgan fingerprint density at radius 1 is 1.47 bits per heavy atom. The highest BCUT2D eigenvalue weighted by atomic mass is 16.3. The van der Waals surface area contributed by atoms with E-state index in [1.54, 1.807) is 0 Å². The molecule has 102 valence electrons. The van der Waals surface area contributed by atoms with E-state index in [0.717, 1.165) is 42.7 Å². The van der Waals surface area contributed by atoms with Crippen LogP contribution in [0.4, 0.5) is 5.82 Å². The molecule has 1 saturated heterocycles. The van der Waals surface area contributed by atoms with Crippen LogP contribution in [0.15, 0.2) is 12.5 Å². The number of hydrogen-bond acceptors (Lipinski definition) is 5. The van der Waals surface area contributed by atoms with Gasteiger partial charge in [-0.3, -0.25) is 4.90 Å². The summed E-state index contributed by atoms with van der Waals surface area (Å²) in [5.41, 5.74) is 8.58. The molecule has 4 N–H and O–H groups in total. The lowest BCUT2D eigenvalue weighted by molar-refractivity contribution is 0.139. The van der Waals surface area contributed by atoms with Crippen molar-refractivity contribution >= 4 is 16.9 Å². The molecule has 0 radical (unpaired) electrons. The van der Waals surface area contributed by atoms with Crippen LogP contribution < -0.4 is 5.73 Å².